The predicted octanol–water partition coefficient (Wildman–Crippen LogP) is 17.3. The molecule has 66 heavy (non-hydrogen) atoms. The number of allylic oxidation sites excluding steroid dienone is 4. The van der Waals surface area contributed by atoms with Crippen LogP contribution < -0.4 is 9.80 Å². The van der Waals surface area contributed by atoms with E-state index in [1.54, 1.807) is 0 Å². The van der Waals surface area contributed by atoms with Crippen LogP contribution in [0.4, 0.5) is 28.4 Å². The first-order valence-corrected chi connectivity index (χ1v) is 23.9. The van der Waals surface area contributed by atoms with Crippen LogP contribution >= 0.6 is 11.3 Å². The predicted molar refractivity (Wildman–Crippen MR) is 281 cm³/mol. The van der Waals surface area contributed by atoms with E-state index in [0.717, 1.165) is 35.6 Å². The molecule has 1 aliphatic heterocycles. The largest absolute Gasteiger partial charge is 0.333 e. The lowest BCUT2D eigenvalue weighted by molar-refractivity contribution is 0.704. The van der Waals surface area contributed by atoms with E-state index in [4.69, 9.17) is 0 Å². The van der Waals surface area contributed by atoms with E-state index in [-0.39, 0.29) is 12.0 Å². The minimum Gasteiger partial charge on any atom is -0.333 e. The van der Waals surface area contributed by atoms with E-state index in [2.05, 4.69) is 239 Å². The maximum absolute atomic E-state index is 2.63. The first-order valence-electron chi connectivity index (χ1n) is 23.1. The highest BCUT2D eigenvalue weighted by Gasteiger charge is 2.43. The number of rotatable bonds is 6. The zero-order chi connectivity index (χ0) is 43.3. The van der Waals surface area contributed by atoms with Crippen LogP contribution in [0.3, 0.4) is 0 Å². The highest BCUT2D eigenvalue weighted by Crippen LogP contribution is 2.55. The first kappa shape index (κ1) is 37.5. The molecule has 2 atom stereocenters. The third-order valence-corrected chi connectivity index (χ3v) is 15.6. The molecule has 0 bridgehead atoms. The van der Waals surface area contributed by atoms with Crippen LogP contribution in [0.2, 0.25) is 0 Å². The van der Waals surface area contributed by atoms with Gasteiger partial charge >= 0.3 is 0 Å². The molecule has 0 spiro atoms. The highest BCUT2D eigenvalue weighted by atomic mass is 32.1. The van der Waals surface area contributed by atoms with Gasteiger partial charge in [0.25, 0.3) is 0 Å². The molecule has 14 rings (SSSR count). The fourth-order valence-corrected chi connectivity index (χ4v) is 12.7. The SMILES string of the molecule is C1=CC2=C(C=CC3C2c2c(ccc4ccccc24)N3c2ccc3c(c2)c2cc(N(c4ccccc4)c4ccc(-c5cccc6c5sc5ccccc56)cc4)ccc2n3-c2ccccc2)CC1. The second-order valence-electron chi connectivity index (χ2n) is 17.9. The summed E-state index contributed by atoms with van der Waals surface area (Å²) in [6.07, 6.45) is 11.9. The average Bonchev–Trinajstić information content (AvgIpc) is 4.05. The van der Waals surface area contributed by atoms with Gasteiger partial charge in [-0.15, -0.1) is 11.3 Å². The molecule has 3 aliphatic rings. The van der Waals surface area contributed by atoms with Crippen LogP contribution in [-0.4, -0.2) is 10.6 Å². The van der Waals surface area contributed by atoms with Gasteiger partial charge in [0, 0.05) is 71.0 Å². The van der Waals surface area contributed by atoms with Gasteiger partial charge in [0.05, 0.1) is 17.1 Å². The van der Waals surface area contributed by atoms with Crippen LogP contribution in [0, 0.1) is 0 Å². The molecule has 0 saturated heterocycles. The normalized spacial score (nSPS) is 16.5. The lowest BCUT2D eigenvalue weighted by Gasteiger charge is -2.33. The molecule has 11 aromatic rings. The molecule has 9 aromatic carbocycles. The molecule has 2 aliphatic carbocycles. The fourth-order valence-electron chi connectivity index (χ4n) is 11.5. The van der Waals surface area contributed by atoms with Crippen molar-refractivity contribution in [2.75, 3.05) is 9.80 Å². The van der Waals surface area contributed by atoms with E-state index in [1.807, 2.05) is 11.3 Å². The number of aromatic nitrogens is 1. The van der Waals surface area contributed by atoms with Crippen molar-refractivity contribution in [2.24, 2.45) is 0 Å². The summed E-state index contributed by atoms with van der Waals surface area (Å²) >= 11 is 1.88. The second kappa shape index (κ2) is 14.8. The minimum atomic E-state index is 0.171. The zero-order valence-electron chi connectivity index (χ0n) is 36.2. The summed E-state index contributed by atoms with van der Waals surface area (Å²) in [6.45, 7) is 0. The van der Waals surface area contributed by atoms with Gasteiger partial charge < -0.3 is 14.4 Å². The van der Waals surface area contributed by atoms with E-state index in [9.17, 15) is 0 Å². The maximum Gasteiger partial charge on any atom is 0.0635 e. The van der Waals surface area contributed by atoms with Crippen molar-refractivity contribution in [1.29, 1.82) is 0 Å². The molecule has 0 amide bonds. The summed E-state index contributed by atoms with van der Waals surface area (Å²) in [6, 6.07) is 74.3. The molecular weight excluding hydrogens is 819 g/mol. The second-order valence-corrected chi connectivity index (χ2v) is 19.0. The average molecular weight is 862 g/mol. The molecule has 3 nitrogen and oxygen atoms in total. The molecule has 0 saturated carbocycles. The lowest BCUT2D eigenvalue weighted by Crippen LogP contribution is -2.31. The Kier molecular flexibility index (Phi) is 8.41. The molecule has 4 heteroatoms. The summed E-state index contributed by atoms with van der Waals surface area (Å²) in [5.41, 5.74) is 16.3. The van der Waals surface area contributed by atoms with E-state index < -0.39 is 0 Å². The number of benzene rings is 9. The van der Waals surface area contributed by atoms with E-state index in [1.165, 1.54) is 92.0 Å². The van der Waals surface area contributed by atoms with Gasteiger partial charge in [0.15, 0.2) is 0 Å². The van der Waals surface area contributed by atoms with Crippen LogP contribution in [0.25, 0.3) is 69.6 Å². The summed E-state index contributed by atoms with van der Waals surface area (Å²) in [4.78, 5) is 5.03. The summed E-state index contributed by atoms with van der Waals surface area (Å²) in [5.74, 6) is 0.263. The summed E-state index contributed by atoms with van der Waals surface area (Å²) in [5, 5.41) is 7.75. The number of hydrogen-bond acceptors (Lipinski definition) is 3. The van der Waals surface area contributed by atoms with Crippen LogP contribution in [-0.2, 0) is 0 Å². The number of nitrogens with zero attached hydrogens (tertiary/aromatic N) is 3. The molecule has 3 heterocycles. The van der Waals surface area contributed by atoms with Crippen molar-refractivity contribution in [3.8, 4) is 16.8 Å². The fraction of sp³-hybridized carbons (Fsp3) is 0.0645. The van der Waals surface area contributed by atoms with Crippen molar-refractivity contribution in [1.82, 2.24) is 4.57 Å². The monoisotopic (exact) mass is 861 g/mol. The van der Waals surface area contributed by atoms with Crippen molar-refractivity contribution < 1.29 is 0 Å². The number of hydrogen-bond donors (Lipinski definition) is 0. The van der Waals surface area contributed by atoms with Crippen molar-refractivity contribution in [3.63, 3.8) is 0 Å². The van der Waals surface area contributed by atoms with Gasteiger partial charge in [-0.3, -0.25) is 0 Å². The number of thiophene rings is 1. The standard InChI is InChI=1S/C62H43N3S/c1-3-16-43(17-4-1)63(45-30-26-42(27-31-45)50-23-13-24-52-51-22-11-12-25-59(51)66-62(50)52)46-32-36-55-53(38-46)54-39-47(33-37-56(54)64(55)44-18-5-2-6-19-44)65-57-34-28-40-14-7-9-20-48(40)60(57)61-49-21-10-8-15-41(49)29-35-58(61)65/h1-7,9-14,16-39,58,61H,8,15H2. The van der Waals surface area contributed by atoms with Gasteiger partial charge in [0.2, 0.25) is 0 Å². The molecule has 2 unspecified atom stereocenters. The maximum atomic E-state index is 2.63. The molecule has 2 aromatic heterocycles. The smallest absolute Gasteiger partial charge is 0.0635 e. The Morgan fingerprint density at radius 3 is 2.09 bits per heavy atom. The Hall–Kier alpha value is -7.92. The minimum absolute atomic E-state index is 0.171. The van der Waals surface area contributed by atoms with Crippen molar-refractivity contribution >= 4 is 92.5 Å². The summed E-state index contributed by atoms with van der Waals surface area (Å²) in [7, 11) is 0. The lowest BCUT2D eigenvalue weighted by atomic mass is 9.77. The van der Waals surface area contributed by atoms with Crippen LogP contribution in [0.5, 0.6) is 0 Å². The van der Waals surface area contributed by atoms with E-state index in [0.29, 0.717) is 0 Å². The number of para-hydroxylation sites is 2. The third-order valence-electron chi connectivity index (χ3n) is 14.4. The third kappa shape index (κ3) is 5.68. The molecular formula is C62H43N3S. The number of anilines is 5. The number of fused-ring (bicyclic) bond motifs is 12. The van der Waals surface area contributed by atoms with Gasteiger partial charge in [-0.1, -0.05) is 140 Å². The quantitative estimate of drug-likeness (QED) is 0.165. The Labute approximate surface area is 387 Å². The topological polar surface area (TPSA) is 11.4 Å². The van der Waals surface area contributed by atoms with E-state index >= 15 is 0 Å². The molecule has 312 valence electrons. The Balaban J connectivity index is 0.939. The van der Waals surface area contributed by atoms with Gasteiger partial charge in [-0.05, 0) is 136 Å². The van der Waals surface area contributed by atoms with Gasteiger partial charge in [-0.25, -0.2) is 0 Å². The van der Waals surface area contributed by atoms with Gasteiger partial charge in [0.1, 0.15) is 0 Å². The Bertz CT molecular complexity index is 3830. The van der Waals surface area contributed by atoms with Crippen LogP contribution in [0.1, 0.15) is 24.3 Å². The summed E-state index contributed by atoms with van der Waals surface area (Å²) < 4.78 is 5.09. The Morgan fingerprint density at radius 2 is 1.23 bits per heavy atom. The molecule has 0 N–H and O–H groups in total. The first-order chi connectivity index (χ1) is 32.7. The van der Waals surface area contributed by atoms with Crippen molar-refractivity contribution in [3.05, 3.63) is 241 Å². The van der Waals surface area contributed by atoms with Crippen molar-refractivity contribution in [2.45, 2.75) is 24.8 Å². The highest BCUT2D eigenvalue weighted by molar-refractivity contribution is 7.26. The zero-order valence-corrected chi connectivity index (χ0v) is 37.0. The molecule has 0 radical (unpaired) electrons. The molecule has 0 fully saturated rings. The van der Waals surface area contributed by atoms with Gasteiger partial charge in [-0.2, -0.15) is 0 Å². The Morgan fingerprint density at radius 1 is 0.515 bits per heavy atom. The van der Waals surface area contributed by atoms with Crippen LogP contribution in [0.15, 0.2) is 236 Å².